The Hall–Kier alpha value is -2.63. The van der Waals surface area contributed by atoms with Gasteiger partial charge >= 0.3 is 12.1 Å². The topological polar surface area (TPSA) is 102 Å². The minimum atomic E-state index is -3.63. The fraction of sp³-hybridized carbons (Fsp3) is 0.588. The molecule has 0 radical (unpaired) electrons. The smallest absolute Gasteiger partial charge is 0.407 e. The van der Waals surface area contributed by atoms with E-state index in [9.17, 15) is 19.3 Å². The summed E-state index contributed by atoms with van der Waals surface area (Å²) in [5.41, 5.74) is 4.05. The van der Waals surface area contributed by atoms with Crippen molar-refractivity contribution in [1.29, 1.82) is 0 Å². The highest BCUT2D eigenvalue weighted by molar-refractivity contribution is 7.59. The van der Waals surface area contributed by atoms with Crippen LogP contribution in [0.3, 0.4) is 0 Å². The molecule has 42 heavy (non-hydrogen) atoms. The highest BCUT2D eigenvalue weighted by Crippen LogP contribution is 2.65. The average molecular weight is 594 g/mol. The van der Waals surface area contributed by atoms with Crippen molar-refractivity contribution in [2.24, 2.45) is 29.6 Å². The van der Waals surface area contributed by atoms with Crippen LogP contribution in [0.2, 0.25) is 0 Å². The summed E-state index contributed by atoms with van der Waals surface area (Å²) in [4.78, 5) is 25.5. The van der Waals surface area contributed by atoms with Crippen molar-refractivity contribution in [2.75, 3.05) is 12.8 Å². The highest BCUT2D eigenvalue weighted by atomic mass is 31.2. The number of carbonyl (C=O) groups excluding carboxylic acids is 1. The molecule has 0 heterocycles. The van der Waals surface area contributed by atoms with Crippen molar-refractivity contribution < 1.29 is 28.5 Å². The summed E-state index contributed by atoms with van der Waals surface area (Å²) in [6.45, 7) is 5.78. The molecule has 3 atom stereocenters. The number of hydrogen-bond acceptors (Lipinski definition) is 5. The van der Waals surface area contributed by atoms with Crippen LogP contribution in [-0.4, -0.2) is 41.3 Å². The fourth-order valence-corrected chi connectivity index (χ4v) is 11.4. The molecule has 5 aliphatic carbocycles. The Morgan fingerprint density at radius 3 is 1.95 bits per heavy atom. The number of carboxylic acid groups (broad SMARTS) is 1. The fourth-order valence-electron chi connectivity index (χ4n) is 8.78. The van der Waals surface area contributed by atoms with E-state index >= 15 is 0 Å². The Morgan fingerprint density at radius 1 is 0.929 bits per heavy atom. The second-order valence-corrected chi connectivity index (χ2v) is 16.7. The molecule has 1 amide bonds. The zero-order valence-electron chi connectivity index (χ0n) is 25.0. The average Bonchev–Trinajstić information content (AvgIpc) is 3.24. The van der Waals surface area contributed by atoms with Crippen LogP contribution in [0.1, 0.15) is 82.8 Å². The van der Waals surface area contributed by atoms with Gasteiger partial charge in [0.05, 0.1) is 11.5 Å². The van der Waals surface area contributed by atoms with Gasteiger partial charge in [-0.05, 0) is 97.8 Å². The molecule has 5 aliphatic rings. The van der Waals surface area contributed by atoms with Gasteiger partial charge in [0, 0.05) is 12.1 Å². The van der Waals surface area contributed by atoms with E-state index in [1.165, 1.54) is 19.3 Å². The molecule has 3 unspecified atom stereocenters. The highest BCUT2D eigenvalue weighted by Gasteiger charge is 2.55. The summed E-state index contributed by atoms with van der Waals surface area (Å²) in [6.07, 6.45) is 5.93. The molecule has 2 aromatic carbocycles. The van der Waals surface area contributed by atoms with Gasteiger partial charge < -0.3 is 19.7 Å². The summed E-state index contributed by atoms with van der Waals surface area (Å²) in [6, 6.07) is 16.3. The molecule has 7 rings (SSSR count). The van der Waals surface area contributed by atoms with Gasteiger partial charge in [0.25, 0.3) is 0 Å². The lowest BCUT2D eigenvalue weighted by molar-refractivity contribution is -0.141. The predicted molar refractivity (Wildman–Crippen MR) is 163 cm³/mol. The maximum atomic E-state index is 14.9. The second-order valence-electron chi connectivity index (χ2n) is 13.9. The van der Waals surface area contributed by atoms with Crippen LogP contribution in [0.25, 0.3) is 11.1 Å². The molecule has 0 spiro atoms. The molecule has 7 nitrogen and oxygen atoms in total. The second kappa shape index (κ2) is 11.5. The number of benzene rings is 2. The Morgan fingerprint density at radius 2 is 1.45 bits per heavy atom. The molecule has 4 saturated carbocycles. The van der Waals surface area contributed by atoms with Gasteiger partial charge in [-0.2, -0.15) is 0 Å². The van der Waals surface area contributed by atoms with E-state index in [0.29, 0.717) is 24.2 Å². The number of ether oxygens (including phenoxy) is 1. The Labute approximate surface area is 249 Å². The number of amides is 1. The van der Waals surface area contributed by atoms with Crippen LogP contribution in [0.5, 0.6) is 0 Å². The van der Waals surface area contributed by atoms with Gasteiger partial charge in [0.2, 0.25) is 7.37 Å². The van der Waals surface area contributed by atoms with E-state index < -0.39 is 36.7 Å². The summed E-state index contributed by atoms with van der Waals surface area (Å²) in [5, 5.41) is 12.9. The van der Waals surface area contributed by atoms with Crippen molar-refractivity contribution in [3.8, 4) is 11.1 Å². The van der Waals surface area contributed by atoms with E-state index in [4.69, 9.17) is 9.26 Å². The molecule has 2 aromatic rings. The van der Waals surface area contributed by atoms with E-state index in [1.807, 2.05) is 38.1 Å². The molecule has 4 fully saturated rings. The number of hydrogen-bond donors (Lipinski definition) is 2. The first kappa shape index (κ1) is 29.4. The van der Waals surface area contributed by atoms with Gasteiger partial charge in [0.15, 0.2) is 0 Å². The maximum Gasteiger partial charge on any atom is 0.407 e. The third-order valence-corrected chi connectivity index (χ3v) is 13.1. The first-order valence-corrected chi connectivity index (χ1v) is 17.6. The van der Waals surface area contributed by atoms with E-state index in [1.54, 1.807) is 6.92 Å². The normalized spacial score (nSPS) is 28.5. The number of aliphatic carboxylic acids is 1. The molecule has 226 valence electrons. The monoisotopic (exact) mass is 593 g/mol. The summed E-state index contributed by atoms with van der Waals surface area (Å²) in [5.74, 6) is -0.846. The maximum absolute atomic E-state index is 14.9. The lowest BCUT2D eigenvalue weighted by Gasteiger charge is -2.57. The van der Waals surface area contributed by atoms with Crippen LogP contribution in [0.15, 0.2) is 48.5 Å². The quantitative estimate of drug-likeness (QED) is 0.257. The Kier molecular flexibility index (Phi) is 8.04. The number of carbonyl (C=O) groups is 2. The molecule has 0 aliphatic heterocycles. The zero-order chi connectivity index (χ0) is 29.6. The molecular weight excluding hydrogens is 549 g/mol. The van der Waals surface area contributed by atoms with Crippen molar-refractivity contribution in [2.45, 2.75) is 83.0 Å². The third-order valence-electron chi connectivity index (χ3n) is 10.2. The molecule has 8 heteroatoms. The molecular formula is C34H44NO6P. The Balaban J connectivity index is 1.19. The summed E-state index contributed by atoms with van der Waals surface area (Å²) in [7, 11) is -3.63. The number of nitrogens with one attached hydrogen (secondary N) is 1. The Bertz CT molecular complexity index is 1310. The summed E-state index contributed by atoms with van der Waals surface area (Å²) < 4.78 is 27.4. The van der Waals surface area contributed by atoms with Crippen molar-refractivity contribution >= 4 is 19.4 Å². The predicted octanol–water partition coefficient (Wildman–Crippen LogP) is 7.88. The van der Waals surface area contributed by atoms with Crippen LogP contribution in [0, 0.1) is 29.6 Å². The zero-order valence-corrected chi connectivity index (χ0v) is 25.9. The van der Waals surface area contributed by atoms with Gasteiger partial charge in [-0.1, -0.05) is 62.4 Å². The van der Waals surface area contributed by atoms with Crippen molar-refractivity contribution in [3.63, 3.8) is 0 Å². The lowest BCUT2D eigenvalue weighted by Crippen LogP contribution is -2.52. The van der Waals surface area contributed by atoms with Crippen molar-refractivity contribution in [1.82, 2.24) is 5.32 Å². The van der Waals surface area contributed by atoms with Gasteiger partial charge in [-0.15, -0.1) is 0 Å². The van der Waals surface area contributed by atoms with E-state index in [2.05, 4.69) is 29.6 Å². The number of alkyl carbamates (subject to hydrolysis) is 1. The number of rotatable bonds is 11. The molecule has 4 bridgehead atoms. The van der Waals surface area contributed by atoms with Gasteiger partial charge in [0.1, 0.15) is 12.4 Å². The van der Waals surface area contributed by atoms with Crippen LogP contribution in [-0.2, 0) is 18.6 Å². The first-order chi connectivity index (χ1) is 20.0. The SMILES string of the molecule is CC(C)CC(CP(=O)(OC12CC3CC(CC(C3)C1)C2)C(C)NC(=O)OCC1c2ccccc2-c2ccccc21)C(=O)O. The third kappa shape index (κ3) is 5.79. The molecule has 0 aromatic heterocycles. The largest absolute Gasteiger partial charge is 0.481 e. The van der Waals surface area contributed by atoms with Gasteiger partial charge in [-0.3, -0.25) is 9.36 Å². The van der Waals surface area contributed by atoms with Gasteiger partial charge in [-0.25, -0.2) is 4.79 Å². The molecule has 2 N–H and O–H groups in total. The first-order valence-electron chi connectivity index (χ1n) is 15.7. The summed E-state index contributed by atoms with van der Waals surface area (Å²) >= 11 is 0. The lowest BCUT2D eigenvalue weighted by atomic mass is 9.54. The molecule has 0 saturated heterocycles. The van der Waals surface area contributed by atoms with E-state index in [-0.39, 0.29) is 24.6 Å². The van der Waals surface area contributed by atoms with Crippen LogP contribution in [0.4, 0.5) is 4.79 Å². The van der Waals surface area contributed by atoms with Crippen LogP contribution >= 0.6 is 7.37 Å². The standard InChI is InChI=1S/C34H44NO6P/c1-21(2)12-26(32(36)37)20-42(39,41-34-16-23-13-24(17-34)15-25(14-23)18-34)22(3)35-33(38)40-19-31-29-10-6-4-8-27(29)28-9-5-7-11-30(28)31/h4-11,21-26,31H,12-20H2,1-3H3,(H,35,38)(H,36,37). The minimum absolute atomic E-state index is 0.0871. The number of carboxylic acids is 1. The number of fused-ring (bicyclic) bond motifs is 3. The van der Waals surface area contributed by atoms with Crippen LogP contribution < -0.4 is 5.32 Å². The minimum Gasteiger partial charge on any atom is -0.481 e. The van der Waals surface area contributed by atoms with Crippen molar-refractivity contribution in [3.05, 3.63) is 59.7 Å². The van der Waals surface area contributed by atoms with E-state index in [0.717, 1.165) is 41.5 Å².